The van der Waals surface area contributed by atoms with Crippen molar-refractivity contribution >= 4 is 16.6 Å². The molecule has 0 atom stereocenters. The van der Waals surface area contributed by atoms with Gasteiger partial charge in [0.25, 0.3) is 0 Å². The highest BCUT2D eigenvalue weighted by molar-refractivity contribution is 5.92. The van der Waals surface area contributed by atoms with Gasteiger partial charge in [-0.05, 0) is 36.4 Å². The highest BCUT2D eigenvalue weighted by Crippen LogP contribution is 2.24. The summed E-state index contributed by atoms with van der Waals surface area (Å²) in [5.74, 6) is 1.08. The van der Waals surface area contributed by atoms with Gasteiger partial charge in [0.2, 0.25) is 0 Å². The van der Waals surface area contributed by atoms with Gasteiger partial charge >= 0.3 is 0 Å². The number of ether oxygens (including phenoxy) is 1. The Kier molecular flexibility index (Phi) is 4.36. The minimum absolute atomic E-state index is 0.262. The maximum absolute atomic E-state index is 9.52. The quantitative estimate of drug-likeness (QED) is 0.769. The summed E-state index contributed by atoms with van der Waals surface area (Å²) in [4.78, 5) is 4.31. The van der Waals surface area contributed by atoms with E-state index in [-0.39, 0.29) is 5.75 Å². The molecule has 0 fully saturated rings. The molecule has 0 radical (unpaired) electrons. The van der Waals surface area contributed by atoms with Crippen LogP contribution in [0.15, 0.2) is 30.5 Å². The number of benzene rings is 1. The van der Waals surface area contributed by atoms with Crippen molar-refractivity contribution in [1.82, 2.24) is 4.98 Å². The minimum Gasteiger partial charge on any atom is -0.508 e. The number of nitrogens with one attached hydrogen (secondary N) is 1. The number of nitrogens with zero attached hydrogens (tertiary/aromatic N) is 1. The normalized spacial score (nSPS) is 10.7. The molecule has 2 N–H and O–H groups in total. The van der Waals surface area contributed by atoms with Crippen LogP contribution in [0.5, 0.6) is 5.75 Å². The van der Waals surface area contributed by atoms with Crippen LogP contribution in [-0.4, -0.2) is 30.4 Å². The molecule has 18 heavy (non-hydrogen) atoms. The summed E-state index contributed by atoms with van der Waals surface area (Å²) >= 11 is 0. The number of phenols is 1. The molecular weight excluding hydrogens is 228 g/mol. The Morgan fingerprint density at radius 2 is 2.17 bits per heavy atom. The number of fused-ring (bicyclic) bond motifs is 1. The molecule has 0 spiro atoms. The summed E-state index contributed by atoms with van der Waals surface area (Å²) in [7, 11) is 1.71. The van der Waals surface area contributed by atoms with E-state index in [1.165, 1.54) is 0 Å². The highest BCUT2D eigenvalue weighted by Gasteiger charge is 2.02. The molecular formula is C14H18N2O2. The predicted molar refractivity (Wildman–Crippen MR) is 73.0 cm³/mol. The number of aromatic nitrogens is 1. The van der Waals surface area contributed by atoms with Crippen molar-refractivity contribution < 1.29 is 9.84 Å². The molecule has 0 aliphatic heterocycles. The third-order valence-electron chi connectivity index (χ3n) is 2.82. The molecule has 96 valence electrons. The van der Waals surface area contributed by atoms with Crippen molar-refractivity contribution in [2.45, 2.75) is 12.8 Å². The fourth-order valence-corrected chi connectivity index (χ4v) is 1.88. The number of aromatic hydroxyl groups is 1. The molecule has 0 saturated heterocycles. The van der Waals surface area contributed by atoms with Gasteiger partial charge in [-0.15, -0.1) is 0 Å². The Balaban J connectivity index is 2.05. The largest absolute Gasteiger partial charge is 0.508 e. The van der Waals surface area contributed by atoms with E-state index in [1.807, 2.05) is 12.1 Å². The van der Waals surface area contributed by atoms with Gasteiger partial charge in [0.15, 0.2) is 0 Å². The van der Waals surface area contributed by atoms with Crippen LogP contribution in [0.3, 0.4) is 0 Å². The van der Waals surface area contributed by atoms with Gasteiger partial charge in [-0.25, -0.2) is 4.98 Å². The lowest BCUT2D eigenvalue weighted by Crippen LogP contribution is -2.04. The van der Waals surface area contributed by atoms with Gasteiger partial charge in [0, 0.05) is 31.8 Å². The fourth-order valence-electron chi connectivity index (χ4n) is 1.88. The second kappa shape index (κ2) is 6.21. The highest BCUT2D eigenvalue weighted by atomic mass is 16.5. The first-order valence-corrected chi connectivity index (χ1v) is 6.12. The third-order valence-corrected chi connectivity index (χ3v) is 2.82. The van der Waals surface area contributed by atoms with E-state index >= 15 is 0 Å². The van der Waals surface area contributed by atoms with Gasteiger partial charge in [0.1, 0.15) is 11.6 Å². The SMILES string of the molecule is COCCCCNc1nccc2ccc(O)cc12. The van der Waals surface area contributed by atoms with Gasteiger partial charge < -0.3 is 15.2 Å². The molecule has 2 aromatic rings. The number of methoxy groups -OCH3 is 1. The maximum Gasteiger partial charge on any atom is 0.133 e. The van der Waals surface area contributed by atoms with Crippen LogP contribution in [0, 0.1) is 0 Å². The molecule has 0 saturated carbocycles. The summed E-state index contributed by atoms with van der Waals surface area (Å²) in [5, 5.41) is 14.8. The van der Waals surface area contributed by atoms with E-state index in [1.54, 1.807) is 25.4 Å². The third kappa shape index (κ3) is 3.11. The molecule has 0 unspecified atom stereocenters. The molecule has 1 aromatic carbocycles. The number of rotatable bonds is 6. The smallest absolute Gasteiger partial charge is 0.133 e. The zero-order chi connectivity index (χ0) is 12.8. The van der Waals surface area contributed by atoms with Crippen LogP contribution in [0.25, 0.3) is 10.8 Å². The van der Waals surface area contributed by atoms with Gasteiger partial charge in [-0.2, -0.15) is 0 Å². The van der Waals surface area contributed by atoms with E-state index in [0.29, 0.717) is 0 Å². The molecule has 2 rings (SSSR count). The monoisotopic (exact) mass is 246 g/mol. The van der Waals surface area contributed by atoms with Crippen molar-refractivity contribution in [3.8, 4) is 5.75 Å². The first kappa shape index (κ1) is 12.6. The topological polar surface area (TPSA) is 54.4 Å². The van der Waals surface area contributed by atoms with Crippen molar-refractivity contribution in [1.29, 1.82) is 0 Å². The molecule has 4 nitrogen and oxygen atoms in total. The van der Waals surface area contributed by atoms with Crippen LogP contribution in [0.2, 0.25) is 0 Å². The second-order valence-electron chi connectivity index (χ2n) is 4.19. The van der Waals surface area contributed by atoms with Crippen molar-refractivity contribution in [2.24, 2.45) is 0 Å². The number of hydrogen-bond acceptors (Lipinski definition) is 4. The predicted octanol–water partition coefficient (Wildman–Crippen LogP) is 2.78. The number of hydrogen-bond donors (Lipinski definition) is 2. The maximum atomic E-state index is 9.52. The van der Waals surface area contributed by atoms with Gasteiger partial charge in [0.05, 0.1) is 0 Å². The number of phenolic OH excluding ortho intramolecular Hbond substituents is 1. The first-order chi connectivity index (χ1) is 8.81. The average molecular weight is 246 g/mol. The molecule has 1 aromatic heterocycles. The molecule has 0 aliphatic rings. The summed E-state index contributed by atoms with van der Waals surface area (Å²) in [6.45, 7) is 1.64. The second-order valence-corrected chi connectivity index (χ2v) is 4.19. The molecule has 1 heterocycles. The van der Waals surface area contributed by atoms with Crippen LogP contribution in [0.1, 0.15) is 12.8 Å². The summed E-state index contributed by atoms with van der Waals surface area (Å²) < 4.78 is 5.00. The molecule has 0 bridgehead atoms. The number of anilines is 1. The lowest BCUT2D eigenvalue weighted by molar-refractivity contribution is 0.194. The van der Waals surface area contributed by atoms with Crippen LogP contribution < -0.4 is 5.32 Å². The zero-order valence-electron chi connectivity index (χ0n) is 10.5. The van der Waals surface area contributed by atoms with E-state index in [2.05, 4.69) is 10.3 Å². The Hall–Kier alpha value is -1.81. The summed E-state index contributed by atoms with van der Waals surface area (Å²) in [6, 6.07) is 7.25. The Labute approximate surface area is 107 Å². The lowest BCUT2D eigenvalue weighted by Gasteiger charge is -2.08. The van der Waals surface area contributed by atoms with Crippen molar-refractivity contribution in [3.05, 3.63) is 30.5 Å². The van der Waals surface area contributed by atoms with E-state index in [4.69, 9.17) is 4.74 Å². The number of unbranched alkanes of at least 4 members (excludes halogenated alkanes) is 1. The van der Waals surface area contributed by atoms with Crippen molar-refractivity contribution in [2.75, 3.05) is 25.6 Å². The van der Waals surface area contributed by atoms with Gasteiger partial charge in [-0.1, -0.05) is 6.07 Å². The molecule has 4 heteroatoms. The molecule has 0 amide bonds. The van der Waals surface area contributed by atoms with E-state index in [9.17, 15) is 5.11 Å². The van der Waals surface area contributed by atoms with E-state index < -0.39 is 0 Å². The lowest BCUT2D eigenvalue weighted by atomic mass is 10.1. The molecule has 0 aliphatic carbocycles. The Morgan fingerprint density at radius 3 is 3.00 bits per heavy atom. The summed E-state index contributed by atoms with van der Waals surface area (Å²) in [5.41, 5.74) is 0. The van der Waals surface area contributed by atoms with E-state index in [0.717, 1.165) is 42.6 Å². The first-order valence-electron chi connectivity index (χ1n) is 6.12. The summed E-state index contributed by atoms with van der Waals surface area (Å²) in [6.07, 6.45) is 3.83. The average Bonchev–Trinajstić information content (AvgIpc) is 2.39. The van der Waals surface area contributed by atoms with Gasteiger partial charge in [-0.3, -0.25) is 0 Å². The Bertz CT molecular complexity index is 514. The number of pyridine rings is 1. The van der Waals surface area contributed by atoms with Crippen LogP contribution >= 0.6 is 0 Å². The fraction of sp³-hybridized carbons (Fsp3) is 0.357. The van der Waals surface area contributed by atoms with Crippen LogP contribution in [-0.2, 0) is 4.74 Å². The Morgan fingerprint density at radius 1 is 1.28 bits per heavy atom. The standard InChI is InChI=1S/C14H18N2O2/c1-18-9-3-2-7-15-14-13-10-12(17)5-4-11(13)6-8-16-14/h4-6,8,10,17H,2-3,7,9H2,1H3,(H,15,16). The zero-order valence-corrected chi connectivity index (χ0v) is 10.5. The minimum atomic E-state index is 0.262. The van der Waals surface area contributed by atoms with Crippen molar-refractivity contribution in [3.63, 3.8) is 0 Å². The van der Waals surface area contributed by atoms with Crippen LogP contribution in [0.4, 0.5) is 5.82 Å².